The van der Waals surface area contributed by atoms with E-state index in [-0.39, 0.29) is 17.9 Å². The summed E-state index contributed by atoms with van der Waals surface area (Å²) in [6, 6.07) is 13.7. The fourth-order valence-corrected chi connectivity index (χ4v) is 2.78. The Morgan fingerprint density at radius 3 is 2.57 bits per heavy atom. The number of hydrogen-bond donors (Lipinski definition) is 2. The number of amides is 2. The average molecular weight is 377 g/mol. The number of imidazole rings is 1. The predicted molar refractivity (Wildman–Crippen MR) is 107 cm³/mol. The highest BCUT2D eigenvalue weighted by Gasteiger charge is 2.13. The van der Waals surface area contributed by atoms with E-state index in [4.69, 9.17) is 0 Å². The molecule has 1 unspecified atom stereocenters. The molecule has 0 aliphatic carbocycles. The van der Waals surface area contributed by atoms with Crippen LogP contribution in [0.1, 0.15) is 36.3 Å². The normalized spacial score (nSPS) is 11.6. The second-order valence-corrected chi connectivity index (χ2v) is 6.65. The molecule has 0 saturated heterocycles. The summed E-state index contributed by atoms with van der Waals surface area (Å²) in [4.78, 5) is 31.9. The lowest BCUT2D eigenvalue weighted by Crippen LogP contribution is -2.33. The standard InChI is InChI=1S/C21H23N5O2/c1-15(8-9-17-6-4-3-5-7-17)24-21(28)19-13-26(14-23-19)20-11-10-18(12-22-20)25-16(2)27/h3-7,10-15H,8-9H2,1-2H3,(H,24,28)(H,25,27). The summed E-state index contributed by atoms with van der Waals surface area (Å²) in [5, 5.41) is 5.64. The minimum Gasteiger partial charge on any atom is -0.348 e. The van der Waals surface area contributed by atoms with Gasteiger partial charge in [0.2, 0.25) is 5.91 Å². The molecule has 2 heterocycles. The maximum absolute atomic E-state index is 12.4. The number of nitrogens with one attached hydrogen (secondary N) is 2. The Balaban J connectivity index is 1.56. The number of aromatic nitrogens is 3. The quantitative estimate of drug-likeness (QED) is 0.662. The van der Waals surface area contributed by atoms with E-state index in [1.807, 2.05) is 25.1 Å². The van der Waals surface area contributed by atoms with Gasteiger partial charge in [0, 0.05) is 19.2 Å². The summed E-state index contributed by atoms with van der Waals surface area (Å²) < 4.78 is 1.67. The summed E-state index contributed by atoms with van der Waals surface area (Å²) >= 11 is 0. The molecule has 0 bridgehead atoms. The summed E-state index contributed by atoms with van der Waals surface area (Å²) in [7, 11) is 0. The van der Waals surface area contributed by atoms with E-state index < -0.39 is 0 Å². The number of nitrogens with zero attached hydrogens (tertiary/aromatic N) is 3. The van der Waals surface area contributed by atoms with Crippen molar-refractivity contribution in [2.75, 3.05) is 5.32 Å². The van der Waals surface area contributed by atoms with Crippen molar-refractivity contribution < 1.29 is 9.59 Å². The molecular formula is C21H23N5O2. The first-order valence-corrected chi connectivity index (χ1v) is 9.14. The van der Waals surface area contributed by atoms with Gasteiger partial charge in [0.05, 0.1) is 11.9 Å². The second kappa shape index (κ2) is 8.94. The fourth-order valence-electron chi connectivity index (χ4n) is 2.78. The molecule has 7 heteroatoms. The third-order valence-electron chi connectivity index (χ3n) is 4.23. The summed E-state index contributed by atoms with van der Waals surface area (Å²) in [6.45, 7) is 3.43. The van der Waals surface area contributed by atoms with Crippen molar-refractivity contribution in [3.63, 3.8) is 0 Å². The van der Waals surface area contributed by atoms with Crippen molar-refractivity contribution >= 4 is 17.5 Å². The van der Waals surface area contributed by atoms with Gasteiger partial charge in [-0.25, -0.2) is 9.97 Å². The predicted octanol–water partition coefficient (Wildman–Crippen LogP) is 2.98. The molecule has 0 fully saturated rings. The van der Waals surface area contributed by atoms with Crippen molar-refractivity contribution in [1.29, 1.82) is 0 Å². The zero-order valence-electron chi connectivity index (χ0n) is 15.9. The van der Waals surface area contributed by atoms with Crippen LogP contribution in [-0.2, 0) is 11.2 Å². The van der Waals surface area contributed by atoms with Gasteiger partial charge in [0.25, 0.3) is 5.91 Å². The molecule has 7 nitrogen and oxygen atoms in total. The molecule has 2 aromatic heterocycles. The average Bonchev–Trinajstić information content (AvgIpc) is 3.18. The molecule has 144 valence electrons. The Morgan fingerprint density at radius 2 is 1.89 bits per heavy atom. The first-order chi connectivity index (χ1) is 13.5. The van der Waals surface area contributed by atoms with Crippen molar-refractivity contribution in [3.8, 4) is 5.82 Å². The van der Waals surface area contributed by atoms with Gasteiger partial charge in [-0.15, -0.1) is 0 Å². The molecule has 2 N–H and O–H groups in total. The molecule has 0 spiro atoms. The lowest BCUT2D eigenvalue weighted by atomic mass is 10.1. The Bertz CT molecular complexity index is 935. The molecule has 28 heavy (non-hydrogen) atoms. The van der Waals surface area contributed by atoms with Crippen LogP contribution in [0.25, 0.3) is 5.82 Å². The van der Waals surface area contributed by atoms with E-state index in [0.29, 0.717) is 17.2 Å². The molecule has 3 aromatic rings. The third-order valence-corrected chi connectivity index (χ3v) is 4.23. The van der Waals surface area contributed by atoms with E-state index in [2.05, 4.69) is 32.7 Å². The first kappa shape index (κ1) is 19.3. The van der Waals surface area contributed by atoms with Gasteiger partial charge < -0.3 is 10.6 Å². The van der Waals surface area contributed by atoms with E-state index in [9.17, 15) is 9.59 Å². The van der Waals surface area contributed by atoms with E-state index in [1.54, 1.807) is 35.4 Å². The molecule has 0 radical (unpaired) electrons. The number of rotatable bonds is 7. The van der Waals surface area contributed by atoms with Crippen LogP contribution in [0.5, 0.6) is 0 Å². The van der Waals surface area contributed by atoms with Crippen LogP contribution in [0.2, 0.25) is 0 Å². The highest BCUT2D eigenvalue weighted by atomic mass is 16.2. The number of hydrogen-bond acceptors (Lipinski definition) is 4. The van der Waals surface area contributed by atoms with Crippen LogP contribution < -0.4 is 10.6 Å². The number of pyridine rings is 1. The molecule has 1 atom stereocenters. The molecule has 0 aliphatic heterocycles. The largest absolute Gasteiger partial charge is 0.348 e. The number of aryl methyl sites for hydroxylation is 1. The van der Waals surface area contributed by atoms with Crippen molar-refractivity contribution in [1.82, 2.24) is 19.9 Å². The minimum atomic E-state index is -0.214. The minimum absolute atomic E-state index is 0.0351. The van der Waals surface area contributed by atoms with Crippen molar-refractivity contribution in [3.05, 3.63) is 72.4 Å². The molecular weight excluding hydrogens is 354 g/mol. The van der Waals surface area contributed by atoms with Crippen molar-refractivity contribution in [2.45, 2.75) is 32.7 Å². The van der Waals surface area contributed by atoms with Gasteiger partial charge in [-0.05, 0) is 37.5 Å². The molecule has 1 aromatic carbocycles. The number of anilines is 1. The molecule has 0 aliphatic rings. The summed E-state index contributed by atoms with van der Waals surface area (Å²) in [6.07, 6.45) is 6.50. The van der Waals surface area contributed by atoms with Crippen LogP contribution in [0, 0.1) is 0 Å². The number of carbonyl (C=O) groups excluding carboxylic acids is 2. The van der Waals surface area contributed by atoms with Gasteiger partial charge in [-0.3, -0.25) is 14.2 Å². The Morgan fingerprint density at radius 1 is 1.11 bits per heavy atom. The van der Waals surface area contributed by atoms with Crippen LogP contribution in [0.3, 0.4) is 0 Å². The maximum atomic E-state index is 12.4. The lowest BCUT2D eigenvalue weighted by Gasteiger charge is -2.12. The highest BCUT2D eigenvalue weighted by Crippen LogP contribution is 2.11. The maximum Gasteiger partial charge on any atom is 0.271 e. The molecule has 0 saturated carbocycles. The third kappa shape index (κ3) is 5.26. The summed E-state index contributed by atoms with van der Waals surface area (Å²) in [5.41, 5.74) is 2.20. The van der Waals surface area contributed by atoms with Crippen LogP contribution in [-0.4, -0.2) is 32.4 Å². The second-order valence-electron chi connectivity index (χ2n) is 6.65. The summed E-state index contributed by atoms with van der Waals surface area (Å²) in [5.74, 6) is 0.240. The molecule has 3 rings (SSSR count). The smallest absolute Gasteiger partial charge is 0.271 e. The zero-order chi connectivity index (χ0) is 19.9. The number of carbonyl (C=O) groups is 2. The van der Waals surface area contributed by atoms with Gasteiger partial charge in [0.1, 0.15) is 17.8 Å². The van der Waals surface area contributed by atoms with Gasteiger partial charge in [0.15, 0.2) is 0 Å². The zero-order valence-corrected chi connectivity index (χ0v) is 15.9. The van der Waals surface area contributed by atoms with Crippen LogP contribution >= 0.6 is 0 Å². The van der Waals surface area contributed by atoms with E-state index in [1.165, 1.54) is 12.5 Å². The Hall–Kier alpha value is -3.48. The van der Waals surface area contributed by atoms with Crippen LogP contribution in [0.4, 0.5) is 5.69 Å². The van der Waals surface area contributed by atoms with E-state index >= 15 is 0 Å². The van der Waals surface area contributed by atoms with Gasteiger partial charge in [-0.2, -0.15) is 0 Å². The van der Waals surface area contributed by atoms with E-state index in [0.717, 1.165) is 12.8 Å². The Labute approximate surface area is 163 Å². The fraction of sp³-hybridized carbons (Fsp3) is 0.238. The topological polar surface area (TPSA) is 88.9 Å². The van der Waals surface area contributed by atoms with Gasteiger partial charge in [-0.1, -0.05) is 30.3 Å². The number of benzene rings is 1. The Kier molecular flexibility index (Phi) is 6.16. The van der Waals surface area contributed by atoms with Crippen LogP contribution in [0.15, 0.2) is 61.2 Å². The SMILES string of the molecule is CC(=O)Nc1ccc(-n2cnc(C(=O)NC(C)CCc3ccccc3)c2)nc1. The highest BCUT2D eigenvalue weighted by molar-refractivity contribution is 5.92. The first-order valence-electron chi connectivity index (χ1n) is 9.14. The van der Waals surface area contributed by atoms with Crippen molar-refractivity contribution in [2.24, 2.45) is 0 Å². The lowest BCUT2D eigenvalue weighted by molar-refractivity contribution is -0.114. The monoisotopic (exact) mass is 377 g/mol. The molecule has 2 amide bonds. The van der Waals surface area contributed by atoms with Gasteiger partial charge >= 0.3 is 0 Å².